The first kappa shape index (κ1) is 19.7. The van der Waals surface area contributed by atoms with Crippen molar-refractivity contribution < 1.29 is 4.79 Å². The molecule has 0 aromatic heterocycles. The SMILES string of the molecule is CCN=C(NC1CCN(C(=O)CC)C1)NC1CC1c1ccc(C(C)C)cc1. The van der Waals surface area contributed by atoms with E-state index >= 15 is 0 Å². The molecule has 1 heterocycles. The van der Waals surface area contributed by atoms with Crippen molar-refractivity contribution in [3.63, 3.8) is 0 Å². The molecule has 2 N–H and O–H groups in total. The number of benzene rings is 1. The second-order valence-corrected chi connectivity index (χ2v) is 8.06. The van der Waals surface area contributed by atoms with E-state index in [4.69, 9.17) is 0 Å². The highest BCUT2D eigenvalue weighted by Gasteiger charge is 2.39. The topological polar surface area (TPSA) is 56.7 Å². The molecule has 0 spiro atoms. The van der Waals surface area contributed by atoms with Crippen LogP contribution in [0, 0.1) is 0 Å². The minimum absolute atomic E-state index is 0.244. The van der Waals surface area contributed by atoms with Gasteiger partial charge in [-0.25, -0.2) is 0 Å². The number of rotatable bonds is 6. The summed E-state index contributed by atoms with van der Waals surface area (Å²) in [7, 11) is 0. The Kier molecular flexibility index (Phi) is 6.40. The van der Waals surface area contributed by atoms with Crippen LogP contribution in [0.5, 0.6) is 0 Å². The lowest BCUT2D eigenvalue weighted by atomic mass is 10.0. The molecule has 1 aromatic rings. The van der Waals surface area contributed by atoms with Crippen LogP contribution >= 0.6 is 0 Å². The van der Waals surface area contributed by atoms with Crippen molar-refractivity contribution in [1.29, 1.82) is 0 Å². The summed E-state index contributed by atoms with van der Waals surface area (Å²) in [5.74, 6) is 2.27. The third-order valence-electron chi connectivity index (χ3n) is 5.64. The van der Waals surface area contributed by atoms with Crippen molar-refractivity contribution in [3.8, 4) is 0 Å². The van der Waals surface area contributed by atoms with Gasteiger partial charge in [0.05, 0.1) is 0 Å². The summed E-state index contributed by atoms with van der Waals surface area (Å²) in [5, 5.41) is 7.14. The molecule has 5 nitrogen and oxygen atoms in total. The number of hydrogen-bond acceptors (Lipinski definition) is 2. The number of carbonyl (C=O) groups excluding carboxylic acids is 1. The number of nitrogens with one attached hydrogen (secondary N) is 2. The van der Waals surface area contributed by atoms with Gasteiger partial charge in [-0.3, -0.25) is 9.79 Å². The van der Waals surface area contributed by atoms with Crippen molar-refractivity contribution in [2.45, 2.75) is 70.9 Å². The van der Waals surface area contributed by atoms with Gasteiger partial charge < -0.3 is 15.5 Å². The lowest BCUT2D eigenvalue weighted by Crippen LogP contribution is -2.46. The molecule has 3 rings (SSSR count). The lowest BCUT2D eigenvalue weighted by molar-refractivity contribution is -0.129. The summed E-state index contributed by atoms with van der Waals surface area (Å²) in [5.41, 5.74) is 2.81. The second-order valence-electron chi connectivity index (χ2n) is 8.06. The van der Waals surface area contributed by atoms with E-state index in [1.165, 1.54) is 11.1 Å². The third-order valence-corrected chi connectivity index (χ3v) is 5.64. The highest BCUT2D eigenvalue weighted by atomic mass is 16.2. The Labute approximate surface area is 163 Å². The smallest absolute Gasteiger partial charge is 0.222 e. The number of guanidine groups is 1. The fourth-order valence-corrected chi connectivity index (χ4v) is 3.84. The standard InChI is InChI=1S/C22H34N4O/c1-5-21(27)26-12-11-18(14-26)24-22(23-6-2)25-20-13-19(20)17-9-7-16(8-10-17)15(3)4/h7-10,15,18-20H,5-6,11-14H2,1-4H3,(H2,23,24,25). The maximum atomic E-state index is 11.9. The molecule has 1 aliphatic heterocycles. The number of nitrogens with zero attached hydrogens (tertiary/aromatic N) is 2. The van der Waals surface area contributed by atoms with Gasteiger partial charge in [-0.05, 0) is 36.8 Å². The highest BCUT2D eigenvalue weighted by Crippen LogP contribution is 2.41. The van der Waals surface area contributed by atoms with E-state index in [0.29, 0.717) is 30.3 Å². The number of amides is 1. The summed E-state index contributed by atoms with van der Waals surface area (Å²) in [4.78, 5) is 18.4. The average Bonchev–Trinajstić information content (AvgIpc) is 3.27. The van der Waals surface area contributed by atoms with Crippen LogP contribution in [0.4, 0.5) is 0 Å². The van der Waals surface area contributed by atoms with Crippen LogP contribution in [0.3, 0.4) is 0 Å². The van der Waals surface area contributed by atoms with Gasteiger partial charge in [-0.1, -0.05) is 45.0 Å². The molecular formula is C22H34N4O. The van der Waals surface area contributed by atoms with Crippen molar-refractivity contribution in [2.24, 2.45) is 4.99 Å². The van der Waals surface area contributed by atoms with E-state index in [0.717, 1.165) is 38.4 Å². The molecule has 148 valence electrons. The van der Waals surface area contributed by atoms with Crippen LogP contribution in [0.2, 0.25) is 0 Å². The van der Waals surface area contributed by atoms with Gasteiger partial charge in [0.25, 0.3) is 0 Å². The van der Waals surface area contributed by atoms with Crippen LogP contribution in [0.1, 0.15) is 69.9 Å². The number of carbonyl (C=O) groups is 1. The zero-order valence-corrected chi connectivity index (χ0v) is 17.2. The summed E-state index contributed by atoms with van der Waals surface area (Å²) in [6.45, 7) is 10.8. The Bertz CT molecular complexity index is 667. The van der Waals surface area contributed by atoms with E-state index in [9.17, 15) is 4.79 Å². The van der Waals surface area contributed by atoms with E-state index in [2.05, 4.69) is 60.7 Å². The molecule has 5 heteroatoms. The fourth-order valence-electron chi connectivity index (χ4n) is 3.84. The third kappa shape index (κ3) is 5.02. The van der Waals surface area contributed by atoms with Crippen LogP contribution in [-0.4, -0.2) is 48.5 Å². The molecule has 0 radical (unpaired) electrons. The molecule has 1 saturated carbocycles. The normalized spacial score (nSPS) is 25.0. The maximum absolute atomic E-state index is 11.9. The van der Waals surface area contributed by atoms with Crippen LogP contribution in [0.15, 0.2) is 29.3 Å². The van der Waals surface area contributed by atoms with Gasteiger partial charge in [0.15, 0.2) is 5.96 Å². The molecule has 0 bridgehead atoms. The van der Waals surface area contributed by atoms with Gasteiger partial charge in [0, 0.05) is 44.1 Å². The van der Waals surface area contributed by atoms with E-state index in [1.807, 2.05) is 11.8 Å². The predicted octanol–water partition coefficient (Wildman–Crippen LogP) is 3.23. The highest BCUT2D eigenvalue weighted by molar-refractivity contribution is 5.81. The molecule has 27 heavy (non-hydrogen) atoms. The summed E-state index contributed by atoms with van der Waals surface area (Å²) in [6.07, 6.45) is 2.72. The zero-order chi connectivity index (χ0) is 19.4. The first-order valence-electron chi connectivity index (χ1n) is 10.5. The quantitative estimate of drug-likeness (QED) is 0.597. The molecule has 3 atom stereocenters. The fraction of sp³-hybridized carbons (Fsp3) is 0.636. The summed E-state index contributed by atoms with van der Waals surface area (Å²) < 4.78 is 0. The first-order valence-corrected chi connectivity index (χ1v) is 10.5. The van der Waals surface area contributed by atoms with Crippen LogP contribution in [0.25, 0.3) is 0 Å². The van der Waals surface area contributed by atoms with Crippen molar-refractivity contribution in [3.05, 3.63) is 35.4 Å². The zero-order valence-electron chi connectivity index (χ0n) is 17.2. The van der Waals surface area contributed by atoms with Gasteiger partial charge in [-0.15, -0.1) is 0 Å². The summed E-state index contributed by atoms with van der Waals surface area (Å²) >= 11 is 0. The van der Waals surface area contributed by atoms with Gasteiger partial charge in [0.1, 0.15) is 0 Å². The Morgan fingerprint density at radius 1 is 1.22 bits per heavy atom. The predicted molar refractivity (Wildman–Crippen MR) is 111 cm³/mol. The molecule has 1 saturated heterocycles. The second kappa shape index (κ2) is 8.77. The maximum Gasteiger partial charge on any atom is 0.222 e. The largest absolute Gasteiger partial charge is 0.353 e. The van der Waals surface area contributed by atoms with Gasteiger partial charge >= 0.3 is 0 Å². The average molecular weight is 371 g/mol. The summed E-state index contributed by atoms with van der Waals surface area (Å²) in [6, 6.07) is 9.80. The van der Waals surface area contributed by atoms with Crippen molar-refractivity contribution >= 4 is 11.9 Å². The molecule has 1 amide bonds. The minimum Gasteiger partial charge on any atom is -0.353 e. The molecule has 1 aromatic carbocycles. The van der Waals surface area contributed by atoms with Crippen molar-refractivity contribution in [1.82, 2.24) is 15.5 Å². The number of hydrogen-bond donors (Lipinski definition) is 2. The Hall–Kier alpha value is -2.04. The number of likely N-dealkylation sites (tertiary alicyclic amines) is 1. The molecule has 3 unspecified atom stereocenters. The van der Waals surface area contributed by atoms with E-state index in [1.54, 1.807) is 0 Å². The lowest BCUT2D eigenvalue weighted by Gasteiger charge is -2.19. The molecule has 2 fully saturated rings. The monoisotopic (exact) mass is 370 g/mol. The van der Waals surface area contributed by atoms with Gasteiger partial charge in [0.2, 0.25) is 5.91 Å². The number of aliphatic imine (C=N–C) groups is 1. The minimum atomic E-state index is 0.244. The molecule has 2 aliphatic rings. The Morgan fingerprint density at radius 3 is 2.59 bits per heavy atom. The van der Waals surface area contributed by atoms with Gasteiger partial charge in [-0.2, -0.15) is 0 Å². The molecular weight excluding hydrogens is 336 g/mol. The van der Waals surface area contributed by atoms with Crippen LogP contribution < -0.4 is 10.6 Å². The first-order chi connectivity index (χ1) is 13.0. The van der Waals surface area contributed by atoms with Crippen molar-refractivity contribution in [2.75, 3.05) is 19.6 Å². The Morgan fingerprint density at radius 2 is 1.96 bits per heavy atom. The van der Waals surface area contributed by atoms with E-state index in [-0.39, 0.29) is 5.91 Å². The Balaban J connectivity index is 1.52. The molecule has 1 aliphatic carbocycles. The van der Waals surface area contributed by atoms with E-state index < -0.39 is 0 Å². The van der Waals surface area contributed by atoms with Crippen LogP contribution in [-0.2, 0) is 4.79 Å².